The van der Waals surface area contributed by atoms with Gasteiger partial charge in [0.15, 0.2) is 0 Å². The summed E-state index contributed by atoms with van der Waals surface area (Å²) in [7, 11) is 0. The number of amides is 1. The lowest BCUT2D eigenvalue weighted by atomic mass is 9.99. The van der Waals surface area contributed by atoms with E-state index in [4.69, 9.17) is 0 Å². The standard InChI is InChI=1S/C13H26N2O/c1-4-8-11(5-2)15-10-7-9-12(13(15)16)14-6-3/h11-12,14H,4-10H2,1-3H3. The molecule has 0 aromatic rings. The fraction of sp³-hybridized carbons (Fsp3) is 0.923. The van der Waals surface area contributed by atoms with Crippen LogP contribution in [0.4, 0.5) is 0 Å². The summed E-state index contributed by atoms with van der Waals surface area (Å²) in [4.78, 5) is 14.4. The molecule has 0 radical (unpaired) electrons. The quantitative estimate of drug-likeness (QED) is 0.753. The topological polar surface area (TPSA) is 32.3 Å². The normalized spacial score (nSPS) is 23.6. The molecule has 3 nitrogen and oxygen atoms in total. The number of carbonyl (C=O) groups is 1. The second-order valence-electron chi connectivity index (χ2n) is 4.63. The van der Waals surface area contributed by atoms with E-state index in [1.807, 2.05) is 0 Å². The zero-order valence-electron chi connectivity index (χ0n) is 11.0. The summed E-state index contributed by atoms with van der Waals surface area (Å²) in [6.45, 7) is 8.28. The lowest BCUT2D eigenvalue weighted by Gasteiger charge is -2.38. The average molecular weight is 226 g/mol. The maximum atomic E-state index is 12.3. The van der Waals surface area contributed by atoms with E-state index in [1.54, 1.807) is 0 Å². The first-order valence-corrected chi connectivity index (χ1v) is 6.78. The average Bonchev–Trinajstić information content (AvgIpc) is 2.30. The Morgan fingerprint density at radius 2 is 2.19 bits per heavy atom. The summed E-state index contributed by atoms with van der Waals surface area (Å²) < 4.78 is 0. The highest BCUT2D eigenvalue weighted by molar-refractivity contribution is 5.82. The second-order valence-corrected chi connectivity index (χ2v) is 4.63. The number of rotatable bonds is 6. The van der Waals surface area contributed by atoms with Gasteiger partial charge in [-0.05, 0) is 32.2 Å². The van der Waals surface area contributed by atoms with E-state index in [1.165, 1.54) is 0 Å². The zero-order chi connectivity index (χ0) is 12.0. The fourth-order valence-electron chi connectivity index (χ4n) is 2.61. The maximum absolute atomic E-state index is 12.3. The van der Waals surface area contributed by atoms with Crippen LogP contribution in [-0.2, 0) is 4.79 Å². The molecule has 1 aliphatic heterocycles. The first-order valence-electron chi connectivity index (χ1n) is 6.78. The molecule has 2 unspecified atom stereocenters. The molecule has 2 atom stereocenters. The molecule has 3 heteroatoms. The third-order valence-corrected chi connectivity index (χ3v) is 3.46. The van der Waals surface area contributed by atoms with Crippen LogP contribution in [0.25, 0.3) is 0 Å². The van der Waals surface area contributed by atoms with Crippen molar-refractivity contribution in [2.45, 2.75) is 65.0 Å². The van der Waals surface area contributed by atoms with Gasteiger partial charge in [-0.1, -0.05) is 27.2 Å². The molecule has 0 saturated carbocycles. The third-order valence-electron chi connectivity index (χ3n) is 3.46. The highest BCUT2D eigenvalue weighted by Crippen LogP contribution is 2.19. The number of likely N-dealkylation sites (N-methyl/N-ethyl adjacent to an activating group) is 1. The molecule has 1 N–H and O–H groups in total. The molecule has 1 aliphatic rings. The molecule has 0 aromatic heterocycles. The van der Waals surface area contributed by atoms with Crippen molar-refractivity contribution in [2.24, 2.45) is 0 Å². The van der Waals surface area contributed by atoms with Gasteiger partial charge < -0.3 is 10.2 Å². The Labute approximate surface area is 99.6 Å². The van der Waals surface area contributed by atoms with Crippen molar-refractivity contribution in [2.75, 3.05) is 13.1 Å². The molecule has 0 bridgehead atoms. The van der Waals surface area contributed by atoms with Crippen LogP contribution in [0.2, 0.25) is 0 Å². The Morgan fingerprint density at radius 1 is 1.44 bits per heavy atom. The number of hydrogen-bond acceptors (Lipinski definition) is 2. The van der Waals surface area contributed by atoms with E-state index in [2.05, 4.69) is 31.0 Å². The first-order chi connectivity index (χ1) is 7.74. The van der Waals surface area contributed by atoms with Gasteiger partial charge in [-0.3, -0.25) is 4.79 Å². The van der Waals surface area contributed by atoms with Crippen LogP contribution in [0.1, 0.15) is 52.9 Å². The van der Waals surface area contributed by atoms with Gasteiger partial charge in [0.1, 0.15) is 0 Å². The van der Waals surface area contributed by atoms with E-state index in [9.17, 15) is 4.79 Å². The van der Waals surface area contributed by atoms with Gasteiger partial charge in [-0.2, -0.15) is 0 Å². The van der Waals surface area contributed by atoms with Crippen LogP contribution >= 0.6 is 0 Å². The number of likely N-dealkylation sites (tertiary alicyclic amines) is 1. The molecule has 0 aromatic carbocycles. The Hall–Kier alpha value is -0.570. The zero-order valence-corrected chi connectivity index (χ0v) is 11.0. The second kappa shape index (κ2) is 6.89. The van der Waals surface area contributed by atoms with Gasteiger partial charge in [-0.15, -0.1) is 0 Å². The van der Waals surface area contributed by atoms with Crippen molar-refractivity contribution >= 4 is 5.91 Å². The smallest absolute Gasteiger partial charge is 0.239 e. The van der Waals surface area contributed by atoms with Crippen LogP contribution in [-0.4, -0.2) is 36.0 Å². The summed E-state index contributed by atoms with van der Waals surface area (Å²) in [5, 5.41) is 3.29. The molecule has 1 rings (SSSR count). The minimum Gasteiger partial charge on any atom is -0.338 e. The third kappa shape index (κ3) is 3.21. The van der Waals surface area contributed by atoms with Gasteiger partial charge in [-0.25, -0.2) is 0 Å². The molecule has 1 saturated heterocycles. The molecule has 0 aliphatic carbocycles. The predicted octanol–water partition coefficient (Wildman–Crippen LogP) is 2.17. The van der Waals surface area contributed by atoms with Crippen molar-refractivity contribution in [1.82, 2.24) is 10.2 Å². The van der Waals surface area contributed by atoms with Crippen molar-refractivity contribution in [3.63, 3.8) is 0 Å². The van der Waals surface area contributed by atoms with E-state index in [0.29, 0.717) is 11.9 Å². The highest BCUT2D eigenvalue weighted by Gasteiger charge is 2.31. The molecular weight excluding hydrogens is 200 g/mol. The van der Waals surface area contributed by atoms with Crippen molar-refractivity contribution < 1.29 is 4.79 Å². The summed E-state index contributed by atoms with van der Waals surface area (Å²) >= 11 is 0. The van der Waals surface area contributed by atoms with Crippen LogP contribution in [0.3, 0.4) is 0 Å². The highest BCUT2D eigenvalue weighted by atomic mass is 16.2. The van der Waals surface area contributed by atoms with Gasteiger partial charge >= 0.3 is 0 Å². The molecule has 16 heavy (non-hydrogen) atoms. The minimum absolute atomic E-state index is 0.0738. The van der Waals surface area contributed by atoms with Crippen molar-refractivity contribution in [3.8, 4) is 0 Å². The maximum Gasteiger partial charge on any atom is 0.239 e. The first kappa shape index (κ1) is 13.5. The molecule has 1 heterocycles. The van der Waals surface area contributed by atoms with E-state index in [0.717, 1.165) is 45.2 Å². The molecule has 1 fully saturated rings. The Balaban J connectivity index is 2.60. The Kier molecular flexibility index (Phi) is 5.81. The Bertz CT molecular complexity index is 216. The molecular formula is C13H26N2O. The predicted molar refractivity (Wildman–Crippen MR) is 67.4 cm³/mol. The minimum atomic E-state index is 0.0738. The fourth-order valence-corrected chi connectivity index (χ4v) is 2.61. The molecule has 1 amide bonds. The van der Waals surface area contributed by atoms with Crippen molar-refractivity contribution in [3.05, 3.63) is 0 Å². The number of carbonyl (C=O) groups excluding carboxylic acids is 1. The monoisotopic (exact) mass is 226 g/mol. The van der Waals surface area contributed by atoms with E-state index < -0.39 is 0 Å². The number of piperidine rings is 1. The lowest BCUT2D eigenvalue weighted by molar-refractivity contribution is -0.138. The lowest BCUT2D eigenvalue weighted by Crippen LogP contribution is -2.54. The number of nitrogens with zero attached hydrogens (tertiary/aromatic N) is 1. The number of hydrogen-bond donors (Lipinski definition) is 1. The van der Waals surface area contributed by atoms with E-state index in [-0.39, 0.29) is 6.04 Å². The molecule has 0 spiro atoms. The van der Waals surface area contributed by atoms with Crippen LogP contribution in [0.5, 0.6) is 0 Å². The van der Waals surface area contributed by atoms with Gasteiger partial charge in [0.2, 0.25) is 5.91 Å². The van der Waals surface area contributed by atoms with Gasteiger partial charge in [0, 0.05) is 12.6 Å². The summed E-state index contributed by atoms with van der Waals surface area (Å²) in [6.07, 6.45) is 5.53. The summed E-state index contributed by atoms with van der Waals surface area (Å²) in [6, 6.07) is 0.531. The van der Waals surface area contributed by atoms with E-state index >= 15 is 0 Å². The van der Waals surface area contributed by atoms with Crippen molar-refractivity contribution in [1.29, 1.82) is 0 Å². The SMILES string of the molecule is CCCC(CC)N1CCCC(NCC)C1=O. The van der Waals surface area contributed by atoms with Crippen LogP contribution in [0, 0.1) is 0 Å². The van der Waals surface area contributed by atoms with Gasteiger partial charge in [0.25, 0.3) is 0 Å². The Morgan fingerprint density at radius 3 is 2.75 bits per heavy atom. The number of nitrogens with one attached hydrogen (secondary N) is 1. The summed E-state index contributed by atoms with van der Waals surface area (Å²) in [5.41, 5.74) is 0. The largest absolute Gasteiger partial charge is 0.338 e. The summed E-state index contributed by atoms with van der Waals surface area (Å²) in [5.74, 6) is 0.327. The van der Waals surface area contributed by atoms with Crippen LogP contribution in [0.15, 0.2) is 0 Å². The van der Waals surface area contributed by atoms with Gasteiger partial charge in [0.05, 0.1) is 6.04 Å². The van der Waals surface area contributed by atoms with Crippen LogP contribution < -0.4 is 5.32 Å². The molecule has 94 valence electrons.